The highest BCUT2D eigenvalue weighted by atomic mass is 35.5. The second-order valence-corrected chi connectivity index (χ2v) is 7.19. The minimum atomic E-state index is 0.0197. The number of hydrogen-bond donors (Lipinski definition) is 0. The van der Waals surface area contributed by atoms with E-state index in [1.165, 1.54) is 16.3 Å². The molecule has 3 aromatic carbocycles. The molecular weight excluding hydrogens is 356 g/mol. The molecule has 0 fully saturated rings. The Bertz CT molecular complexity index is 1040. The van der Waals surface area contributed by atoms with Gasteiger partial charge in [-0.25, -0.2) is 0 Å². The summed E-state index contributed by atoms with van der Waals surface area (Å²) in [5.41, 5.74) is 3.32. The van der Waals surface area contributed by atoms with Gasteiger partial charge in [-0.05, 0) is 40.8 Å². The Balaban J connectivity index is 1.68. The maximum Gasteiger partial charge on any atom is 0.225 e. The van der Waals surface area contributed by atoms with E-state index in [1.54, 1.807) is 11.8 Å². The third-order valence-electron chi connectivity index (χ3n) is 5.10. The molecule has 4 rings (SSSR count). The Hall–Kier alpha value is -2.65. The molecule has 0 spiro atoms. The Morgan fingerprint density at radius 3 is 2.67 bits per heavy atom. The largest absolute Gasteiger partial charge is 0.295 e. The number of fused-ring (bicyclic) bond motifs is 1. The van der Waals surface area contributed by atoms with Crippen LogP contribution < -0.4 is 0 Å². The van der Waals surface area contributed by atoms with Gasteiger partial charge in [-0.1, -0.05) is 66.2 Å². The van der Waals surface area contributed by atoms with Crippen LogP contribution in [-0.4, -0.2) is 29.7 Å². The summed E-state index contributed by atoms with van der Waals surface area (Å²) in [6.07, 6.45) is 1.68. The van der Waals surface area contributed by atoms with E-state index in [4.69, 9.17) is 11.6 Å². The SMILES string of the molecule is CC(=O)N1CCN=C1c1cccc(Cl)c1CCc1cccc2ccccc12. The second kappa shape index (κ2) is 7.53. The van der Waals surface area contributed by atoms with Gasteiger partial charge in [0.15, 0.2) is 0 Å². The van der Waals surface area contributed by atoms with E-state index in [0.717, 1.165) is 34.8 Å². The maximum atomic E-state index is 12.0. The molecule has 136 valence electrons. The molecule has 0 unspecified atom stereocenters. The first-order chi connectivity index (χ1) is 13.1. The highest BCUT2D eigenvalue weighted by molar-refractivity contribution is 6.32. The first-order valence-corrected chi connectivity index (χ1v) is 9.60. The van der Waals surface area contributed by atoms with Crippen LogP contribution in [-0.2, 0) is 17.6 Å². The number of aryl methyl sites for hydroxylation is 1. The fraction of sp³-hybridized carbons (Fsp3) is 0.217. The van der Waals surface area contributed by atoms with Crippen molar-refractivity contribution >= 4 is 34.1 Å². The van der Waals surface area contributed by atoms with E-state index >= 15 is 0 Å². The number of aliphatic imine (C=N–C) groups is 1. The Morgan fingerprint density at radius 1 is 1.04 bits per heavy atom. The zero-order chi connectivity index (χ0) is 18.8. The lowest BCUT2D eigenvalue weighted by atomic mass is 9.95. The Labute approximate surface area is 164 Å². The molecule has 0 bridgehead atoms. The van der Waals surface area contributed by atoms with Crippen molar-refractivity contribution in [2.75, 3.05) is 13.1 Å². The summed E-state index contributed by atoms with van der Waals surface area (Å²) < 4.78 is 0. The minimum Gasteiger partial charge on any atom is -0.295 e. The minimum absolute atomic E-state index is 0.0197. The van der Waals surface area contributed by atoms with Crippen LogP contribution in [0.5, 0.6) is 0 Å². The summed E-state index contributed by atoms with van der Waals surface area (Å²) in [6.45, 7) is 2.87. The van der Waals surface area contributed by atoms with Crippen molar-refractivity contribution < 1.29 is 4.79 Å². The molecule has 1 heterocycles. The average Bonchev–Trinajstić information content (AvgIpc) is 3.17. The van der Waals surface area contributed by atoms with E-state index < -0.39 is 0 Å². The molecule has 4 heteroatoms. The zero-order valence-electron chi connectivity index (χ0n) is 15.3. The lowest BCUT2D eigenvalue weighted by Crippen LogP contribution is -2.33. The first kappa shape index (κ1) is 17.7. The summed E-state index contributed by atoms with van der Waals surface area (Å²) in [7, 11) is 0. The maximum absolute atomic E-state index is 12.0. The summed E-state index contributed by atoms with van der Waals surface area (Å²) in [4.78, 5) is 18.3. The summed E-state index contributed by atoms with van der Waals surface area (Å²) in [5.74, 6) is 0.768. The molecule has 0 radical (unpaired) electrons. The van der Waals surface area contributed by atoms with Crippen molar-refractivity contribution in [1.29, 1.82) is 0 Å². The van der Waals surface area contributed by atoms with Crippen LogP contribution in [0.4, 0.5) is 0 Å². The smallest absolute Gasteiger partial charge is 0.225 e. The fourth-order valence-corrected chi connectivity index (χ4v) is 4.05. The number of hydrogen-bond acceptors (Lipinski definition) is 2. The zero-order valence-corrected chi connectivity index (χ0v) is 16.0. The van der Waals surface area contributed by atoms with Gasteiger partial charge in [-0.3, -0.25) is 14.7 Å². The van der Waals surface area contributed by atoms with Crippen LogP contribution in [0, 0.1) is 0 Å². The number of carbonyl (C=O) groups is 1. The Kier molecular flexibility index (Phi) is 4.95. The fourth-order valence-electron chi connectivity index (χ4n) is 3.78. The van der Waals surface area contributed by atoms with Crippen LogP contribution in [0.3, 0.4) is 0 Å². The molecule has 0 N–H and O–H groups in total. The van der Waals surface area contributed by atoms with Gasteiger partial charge in [0.2, 0.25) is 5.91 Å². The molecule has 1 aliphatic heterocycles. The van der Waals surface area contributed by atoms with Gasteiger partial charge < -0.3 is 0 Å². The average molecular weight is 377 g/mol. The van der Waals surface area contributed by atoms with E-state index in [9.17, 15) is 4.79 Å². The van der Waals surface area contributed by atoms with Gasteiger partial charge in [0.05, 0.1) is 6.54 Å². The predicted octanol–water partition coefficient (Wildman–Crippen LogP) is 4.89. The van der Waals surface area contributed by atoms with E-state index in [1.807, 2.05) is 18.2 Å². The molecule has 0 atom stereocenters. The topological polar surface area (TPSA) is 32.7 Å². The van der Waals surface area contributed by atoms with E-state index in [0.29, 0.717) is 13.1 Å². The normalized spacial score (nSPS) is 13.9. The van der Waals surface area contributed by atoms with Crippen molar-refractivity contribution in [3.63, 3.8) is 0 Å². The third-order valence-corrected chi connectivity index (χ3v) is 5.46. The van der Waals surface area contributed by atoms with Crippen molar-refractivity contribution in [2.24, 2.45) is 4.99 Å². The van der Waals surface area contributed by atoms with Crippen molar-refractivity contribution in [3.05, 3.63) is 82.4 Å². The molecule has 0 aliphatic carbocycles. The number of nitrogens with zero attached hydrogens (tertiary/aromatic N) is 2. The number of amides is 1. The molecular formula is C23H21ClN2O. The molecule has 0 saturated heterocycles. The number of halogens is 1. The highest BCUT2D eigenvalue weighted by Gasteiger charge is 2.24. The molecule has 27 heavy (non-hydrogen) atoms. The summed E-state index contributed by atoms with van der Waals surface area (Å²) in [5, 5.41) is 3.25. The van der Waals surface area contributed by atoms with E-state index in [2.05, 4.69) is 47.5 Å². The van der Waals surface area contributed by atoms with Gasteiger partial charge in [0, 0.05) is 24.1 Å². The lowest BCUT2D eigenvalue weighted by Gasteiger charge is -2.19. The van der Waals surface area contributed by atoms with Crippen LogP contribution in [0.15, 0.2) is 65.7 Å². The van der Waals surface area contributed by atoms with Crippen LogP contribution in [0.2, 0.25) is 5.02 Å². The van der Waals surface area contributed by atoms with Crippen LogP contribution >= 0.6 is 11.6 Å². The number of amidine groups is 1. The number of carbonyl (C=O) groups excluding carboxylic acids is 1. The van der Waals surface area contributed by atoms with Crippen LogP contribution in [0.1, 0.15) is 23.6 Å². The van der Waals surface area contributed by atoms with Gasteiger partial charge >= 0.3 is 0 Å². The monoisotopic (exact) mass is 376 g/mol. The summed E-state index contributed by atoms with van der Waals surface area (Å²) in [6, 6.07) is 20.7. The third kappa shape index (κ3) is 3.47. The van der Waals surface area contributed by atoms with Gasteiger partial charge in [0.1, 0.15) is 5.84 Å². The van der Waals surface area contributed by atoms with Gasteiger partial charge in [-0.2, -0.15) is 0 Å². The van der Waals surface area contributed by atoms with Crippen LogP contribution in [0.25, 0.3) is 10.8 Å². The van der Waals surface area contributed by atoms with Crippen molar-refractivity contribution in [1.82, 2.24) is 4.90 Å². The highest BCUT2D eigenvalue weighted by Crippen LogP contribution is 2.27. The summed E-state index contributed by atoms with van der Waals surface area (Å²) >= 11 is 6.56. The standard InChI is InChI=1S/C23H21ClN2O/c1-16(27)26-15-14-25-23(26)21-10-5-11-22(24)20(21)13-12-18-8-4-7-17-6-2-3-9-19(17)18/h2-11H,12-15H2,1H3. The molecule has 0 aromatic heterocycles. The number of rotatable bonds is 4. The van der Waals surface area contributed by atoms with Gasteiger partial charge in [-0.15, -0.1) is 0 Å². The number of benzene rings is 3. The van der Waals surface area contributed by atoms with Gasteiger partial charge in [0.25, 0.3) is 0 Å². The molecule has 3 nitrogen and oxygen atoms in total. The second-order valence-electron chi connectivity index (χ2n) is 6.78. The molecule has 3 aromatic rings. The lowest BCUT2D eigenvalue weighted by molar-refractivity contribution is -0.124. The molecule has 1 amide bonds. The molecule has 1 aliphatic rings. The molecule has 0 saturated carbocycles. The van der Waals surface area contributed by atoms with Crippen molar-refractivity contribution in [2.45, 2.75) is 19.8 Å². The Morgan fingerprint density at radius 2 is 1.81 bits per heavy atom. The first-order valence-electron chi connectivity index (χ1n) is 9.22. The van der Waals surface area contributed by atoms with Crippen molar-refractivity contribution in [3.8, 4) is 0 Å². The predicted molar refractivity (Wildman–Crippen MR) is 112 cm³/mol. The van der Waals surface area contributed by atoms with E-state index in [-0.39, 0.29) is 5.91 Å². The quantitative estimate of drug-likeness (QED) is 0.638.